The fraction of sp³-hybridized carbons (Fsp3) is 0.278. The standard InChI is InChI=1S/C18H17FN6O4S/c19-11-1-2-13-12(7-11)17(28)25(10-20-13)8-15(26)22-23-16(27)14-9-30-18(21-14)24-3-5-29-6-4-24/h1-2,7,9-10H,3-6,8H2,(H,22,26)(H,23,27). The number of fused-ring (bicyclic) bond motifs is 1. The number of halogens is 1. The molecule has 0 radical (unpaired) electrons. The highest BCUT2D eigenvalue weighted by molar-refractivity contribution is 7.13. The molecule has 12 heteroatoms. The van der Waals surface area contributed by atoms with Crippen molar-refractivity contribution in [2.45, 2.75) is 6.54 Å². The molecule has 3 aromatic rings. The van der Waals surface area contributed by atoms with E-state index in [0.717, 1.165) is 10.6 Å². The molecule has 2 N–H and O–H groups in total. The van der Waals surface area contributed by atoms with E-state index >= 15 is 0 Å². The number of anilines is 1. The van der Waals surface area contributed by atoms with Gasteiger partial charge >= 0.3 is 0 Å². The van der Waals surface area contributed by atoms with E-state index < -0.39 is 29.7 Å². The lowest BCUT2D eigenvalue weighted by Crippen LogP contribution is -2.44. The number of carbonyl (C=O) groups excluding carboxylic acids is 2. The summed E-state index contributed by atoms with van der Waals surface area (Å²) in [6.45, 7) is 2.21. The van der Waals surface area contributed by atoms with Gasteiger partial charge in [0.1, 0.15) is 18.1 Å². The van der Waals surface area contributed by atoms with Crippen molar-refractivity contribution >= 4 is 39.2 Å². The number of hydrogen-bond acceptors (Lipinski definition) is 8. The number of ether oxygens (including phenoxy) is 1. The number of benzene rings is 1. The molecule has 0 spiro atoms. The van der Waals surface area contributed by atoms with Crippen molar-refractivity contribution in [3.63, 3.8) is 0 Å². The zero-order chi connectivity index (χ0) is 21.1. The average molecular weight is 432 g/mol. The minimum absolute atomic E-state index is 0.0625. The molecule has 4 rings (SSSR count). The van der Waals surface area contributed by atoms with Crippen molar-refractivity contribution in [2.24, 2.45) is 0 Å². The highest BCUT2D eigenvalue weighted by Gasteiger charge is 2.18. The maximum atomic E-state index is 13.4. The molecule has 156 valence electrons. The molecule has 1 aromatic carbocycles. The van der Waals surface area contributed by atoms with Gasteiger partial charge in [0.25, 0.3) is 17.4 Å². The summed E-state index contributed by atoms with van der Waals surface area (Å²) in [4.78, 5) is 47.1. The van der Waals surface area contributed by atoms with Crippen LogP contribution < -0.4 is 21.3 Å². The van der Waals surface area contributed by atoms with E-state index in [2.05, 4.69) is 20.8 Å². The molecule has 0 atom stereocenters. The number of thiazole rings is 1. The normalized spacial score (nSPS) is 14.0. The summed E-state index contributed by atoms with van der Waals surface area (Å²) in [5, 5.41) is 2.36. The zero-order valence-electron chi connectivity index (χ0n) is 15.6. The quantitative estimate of drug-likeness (QED) is 0.569. The third-order valence-electron chi connectivity index (χ3n) is 4.42. The number of rotatable bonds is 4. The average Bonchev–Trinajstić information content (AvgIpc) is 3.25. The number of amides is 2. The van der Waals surface area contributed by atoms with Crippen molar-refractivity contribution < 1.29 is 18.7 Å². The Morgan fingerprint density at radius 3 is 2.83 bits per heavy atom. The SMILES string of the molecule is O=C(Cn1cnc2ccc(F)cc2c1=O)NNC(=O)c1csc(N2CCOCC2)n1. The second-order valence-corrected chi connectivity index (χ2v) is 7.29. The van der Waals surface area contributed by atoms with Crippen LogP contribution in [-0.4, -0.2) is 52.7 Å². The fourth-order valence-electron chi connectivity index (χ4n) is 2.90. The molecule has 2 aromatic heterocycles. The van der Waals surface area contributed by atoms with Crippen LogP contribution in [0.5, 0.6) is 0 Å². The Balaban J connectivity index is 1.36. The van der Waals surface area contributed by atoms with Crippen molar-refractivity contribution in [1.29, 1.82) is 0 Å². The number of aromatic nitrogens is 3. The molecule has 0 unspecified atom stereocenters. The van der Waals surface area contributed by atoms with Crippen LogP contribution >= 0.6 is 11.3 Å². The molecule has 0 bridgehead atoms. The van der Waals surface area contributed by atoms with Crippen LogP contribution in [0.2, 0.25) is 0 Å². The van der Waals surface area contributed by atoms with Crippen LogP contribution in [0.3, 0.4) is 0 Å². The number of morpholine rings is 1. The maximum absolute atomic E-state index is 13.4. The molecule has 1 fully saturated rings. The molecule has 1 aliphatic rings. The van der Waals surface area contributed by atoms with Gasteiger partial charge < -0.3 is 9.64 Å². The zero-order valence-corrected chi connectivity index (χ0v) is 16.4. The molecule has 0 saturated carbocycles. The smallest absolute Gasteiger partial charge is 0.289 e. The van der Waals surface area contributed by atoms with Gasteiger partial charge in [-0.2, -0.15) is 0 Å². The number of hydrogen-bond donors (Lipinski definition) is 2. The Hall–Kier alpha value is -3.38. The topological polar surface area (TPSA) is 118 Å². The first-order chi connectivity index (χ1) is 14.5. The number of carbonyl (C=O) groups is 2. The Morgan fingerprint density at radius 1 is 1.23 bits per heavy atom. The van der Waals surface area contributed by atoms with Crippen LogP contribution in [0.25, 0.3) is 10.9 Å². The Labute approximate surface area is 173 Å². The minimum atomic E-state index is -0.647. The fourth-order valence-corrected chi connectivity index (χ4v) is 3.76. The van der Waals surface area contributed by atoms with E-state index in [4.69, 9.17) is 4.74 Å². The van der Waals surface area contributed by atoms with Crippen LogP contribution in [0.4, 0.5) is 9.52 Å². The second-order valence-electron chi connectivity index (χ2n) is 6.46. The third-order valence-corrected chi connectivity index (χ3v) is 5.32. The second kappa shape index (κ2) is 8.55. The summed E-state index contributed by atoms with van der Waals surface area (Å²) < 4.78 is 19.7. The van der Waals surface area contributed by atoms with Gasteiger partial charge in [-0.1, -0.05) is 0 Å². The van der Waals surface area contributed by atoms with E-state index in [1.54, 1.807) is 5.38 Å². The van der Waals surface area contributed by atoms with Crippen LogP contribution in [0.1, 0.15) is 10.5 Å². The van der Waals surface area contributed by atoms with Crippen molar-refractivity contribution in [3.8, 4) is 0 Å². The van der Waals surface area contributed by atoms with Gasteiger partial charge in [0.2, 0.25) is 0 Å². The molecule has 0 aliphatic carbocycles. The summed E-state index contributed by atoms with van der Waals surface area (Å²) in [6.07, 6.45) is 1.19. The molecule has 30 heavy (non-hydrogen) atoms. The van der Waals surface area contributed by atoms with Gasteiger partial charge in [-0.15, -0.1) is 11.3 Å². The summed E-state index contributed by atoms with van der Waals surface area (Å²) in [5.74, 6) is -1.80. The summed E-state index contributed by atoms with van der Waals surface area (Å²) in [5.41, 5.74) is 4.44. The summed E-state index contributed by atoms with van der Waals surface area (Å²) in [7, 11) is 0. The summed E-state index contributed by atoms with van der Waals surface area (Å²) in [6, 6.07) is 3.65. The molecule has 2 amide bonds. The largest absolute Gasteiger partial charge is 0.378 e. The molecule has 1 saturated heterocycles. The maximum Gasteiger partial charge on any atom is 0.289 e. The van der Waals surface area contributed by atoms with Crippen molar-refractivity contribution in [2.75, 3.05) is 31.2 Å². The van der Waals surface area contributed by atoms with Gasteiger partial charge in [-0.25, -0.2) is 14.4 Å². The van der Waals surface area contributed by atoms with Crippen molar-refractivity contribution in [3.05, 3.63) is 51.8 Å². The predicted molar refractivity (Wildman–Crippen MR) is 107 cm³/mol. The first-order valence-corrected chi connectivity index (χ1v) is 9.91. The van der Waals surface area contributed by atoms with E-state index in [1.165, 1.54) is 29.8 Å². The Morgan fingerprint density at radius 2 is 2.03 bits per heavy atom. The van der Waals surface area contributed by atoms with Gasteiger partial charge in [-0.05, 0) is 18.2 Å². The molecular weight excluding hydrogens is 415 g/mol. The number of nitrogens with one attached hydrogen (secondary N) is 2. The molecule has 3 heterocycles. The Kier molecular flexibility index (Phi) is 5.68. The van der Waals surface area contributed by atoms with Crippen molar-refractivity contribution in [1.82, 2.24) is 25.4 Å². The third kappa shape index (κ3) is 4.28. The highest BCUT2D eigenvalue weighted by Crippen LogP contribution is 2.21. The first kappa shape index (κ1) is 19.9. The summed E-state index contributed by atoms with van der Waals surface area (Å²) >= 11 is 1.33. The first-order valence-electron chi connectivity index (χ1n) is 9.03. The van der Waals surface area contributed by atoms with Crippen LogP contribution in [0.15, 0.2) is 34.7 Å². The highest BCUT2D eigenvalue weighted by atomic mass is 32.1. The van der Waals surface area contributed by atoms with Gasteiger partial charge in [0, 0.05) is 18.5 Å². The van der Waals surface area contributed by atoms with E-state index in [1.807, 2.05) is 4.90 Å². The van der Waals surface area contributed by atoms with Gasteiger partial charge in [0.15, 0.2) is 5.13 Å². The lowest BCUT2D eigenvalue weighted by molar-refractivity contribution is -0.122. The van der Waals surface area contributed by atoms with E-state index in [0.29, 0.717) is 37.0 Å². The lowest BCUT2D eigenvalue weighted by atomic mass is 10.2. The van der Waals surface area contributed by atoms with Crippen LogP contribution in [0, 0.1) is 5.82 Å². The monoisotopic (exact) mass is 432 g/mol. The number of hydrazine groups is 1. The Bertz CT molecular complexity index is 1160. The van der Waals surface area contributed by atoms with E-state index in [9.17, 15) is 18.8 Å². The van der Waals surface area contributed by atoms with E-state index in [-0.39, 0.29) is 11.1 Å². The van der Waals surface area contributed by atoms with Crippen LogP contribution in [-0.2, 0) is 16.1 Å². The van der Waals surface area contributed by atoms with Gasteiger partial charge in [-0.3, -0.25) is 29.8 Å². The minimum Gasteiger partial charge on any atom is -0.378 e. The predicted octanol–water partition coefficient (Wildman–Crippen LogP) is 0.290. The van der Waals surface area contributed by atoms with Gasteiger partial charge in [0.05, 0.1) is 30.4 Å². The molecule has 1 aliphatic heterocycles. The molecule has 10 nitrogen and oxygen atoms in total. The molecular formula is C18H17FN6O4S. The lowest BCUT2D eigenvalue weighted by Gasteiger charge is -2.25. The number of nitrogens with zero attached hydrogens (tertiary/aromatic N) is 4.